The molecule has 0 aromatic heterocycles. The molecule has 1 heterocycles. The van der Waals surface area contributed by atoms with Gasteiger partial charge >= 0.3 is 0 Å². The Bertz CT molecular complexity index is 1380. The molecule has 0 unspecified atom stereocenters. The number of carbonyl (C=O) groups is 3. The van der Waals surface area contributed by atoms with Gasteiger partial charge in [-0.2, -0.15) is 0 Å². The van der Waals surface area contributed by atoms with Gasteiger partial charge in [0.05, 0.1) is 11.4 Å². The van der Waals surface area contributed by atoms with E-state index in [0.717, 1.165) is 26.7 Å². The molecule has 0 radical (unpaired) electrons. The molecule has 3 aromatic carbocycles. The Balaban J connectivity index is 1.50. The number of nitrogens with one attached hydrogen (secondary N) is 1. The summed E-state index contributed by atoms with van der Waals surface area (Å²) in [4.78, 5) is 39.4. The first-order valence-electron chi connectivity index (χ1n) is 10.7. The number of anilines is 1. The van der Waals surface area contributed by atoms with Crippen molar-refractivity contribution in [2.45, 2.75) is 13.5 Å². The lowest BCUT2D eigenvalue weighted by Crippen LogP contribution is -2.27. The number of aryl methyl sites for hydroxylation is 1. The lowest BCUT2D eigenvalue weighted by atomic mass is 10.1. The average molecular weight is 606 g/mol. The van der Waals surface area contributed by atoms with Gasteiger partial charge in [-0.25, -0.2) is 0 Å². The normalized spacial score (nSPS) is 14.4. The van der Waals surface area contributed by atoms with Gasteiger partial charge in [0.25, 0.3) is 17.1 Å². The van der Waals surface area contributed by atoms with Crippen molar-refractivity contribution in [3.8, 4) is 5.75 Å². The van der Waals surface area contributed by atoms with Crippen molar-refractivity contribution >= 4 is 79.7 Å². The van der Waals surface area contributed by atoms with E-state index in [4.69, 9.17) is 27.9 Å². The van der Waals surface area contributed by atoms with Crippen LogP contribution in [0.1, 0.15) is 16.7 Å². The number of benzene rings is 3. The van der Waals surface area contributed by atoms with Crippen molar-refractivity contribution in [2.75, 3.05) is 11.9 Å². The van der Waals surface area contributed by atoms with Gasteiger partial charge in [-0.05, 0) is 72.8 Å². The fraction of sp³-hybridized carbons (Fsp3) is 0.115. The van der Waals surface area contributed by atoms with E-state index in [2.05, 4.69) is 21.2 Å². The molecule has 0 aliphatic carbocycles. The van der Waals surface area contributed by atoms with Gasteiger partial charge in [-0.3, -0.25) is 19.3 Å². The van der Waals surface area contributed by atoms with Crippen molar-refractivity contribution in [3.63, 3.8) is 0 Å². The third-order valence-corrected chi connectivity index (χ3v) is 7.28. The zero-order valence-corrected chi connectivity index (χ0v) is 22.8. The number of nitrogens with zero attached hydrogens (tertiary/aromatic N) is 1. The first-order chi connectivity index (χ1) is 17.2. The number of carbonyl (C=O) groups excluding carboxylic acids is 3. The fourth-order valence-corrected chi connectivity index (χ4v) is 5.17. The monoisotopic (exact) mass is 604 g/mol. The minimum Gasteiger partial charge on any atom is -0.483 e. The Hall–Kier alpha value is -2.78. The van der Waals surface area contributed by atoms with E-state index >= 15 is 0 Å². The van der Waals surface area contributed by atoms with E-state index < -0.39 is 11.1 Å². The van der Waals surface area contributed by atoms with Crippen molar-refractivity contribution < 1.29 is 19.1 Å². The van der Waals surface area contributed by atoms with Gasteiger partial charge in [0, 0.05) is 31.3 Å². The van der Waals surface area contributed by atoms with Crippen LogP contribution in [0.5, 0.6) is 5.75 Å². The van der Waals surface area contributed by atoms with E-state index in [1.54, 1.807) is 48.5 Å². The zero-order chi connectivity index (χ0) is 25.8. The summed E-state index contributed by atoms with van der Waals surface area (Å²) < 4.78 is 6.49. The minimum absolute atomic E-state index is 0.0402. The minimum atomic E-state index is -0.468. The average Bonchev–Trinajstić information content (AvgIpc) is 3.08. The SMILES string of the molecule is Cc1cccc(NC(=O)COc2ccc(Br)cc2/C=C2\SC(=O)N(Cc3c(Cl)cccc3Cl)C2=O)c1. The second-order valence-corrected chi connectivity index (χ2v) is 10.6. The number of amides is 3. The maximum Gasteiger partial charge on any atom is 0.293 e. The Morgan fingerprint density at radius 2 is 1.81 bits per heavy atom. The van der Waals surface area contributed by atoms with Crippen LogP contribution in [0.25, 0.3) is 6.08 Å². The van der Waals surface area contributed by atoms with Crippen molar-refractivity contribution in [1.29, 1.82) is 0 Å². The molecule has 0 bridgehead atoms. The van der Waals surface area contributed by atoms with E-state index in [1.165, 1.54) is 0 Å². The van der Waals surface area contributed by atoms with Crippen molar-refractivity contribution in [2.24, 2.45) is 0 Å². The molecule has 4 rings (SSSR count). The van der Waals surface area contributed by atoms with Crippen LogP contribution in [-0.4, -0.2) is 28.6 Å². The first kappa shape index (κ1) is 26.3. The van der Waals surface area contributed by atoms with E-state index in [0.29, 0.717) is 32.6 Å². The molecule has 1 aliphatic heterocycles. The molecule has 1 N–H and O–H groups in total. The molecule has 1 saturated heterocycles. The van der Waals surface area contributed by atoms with Gasteiger partial charge < -0.3 is 10.1 Å². The summed E-state index contributed by atoms with van der Waals surface area (Å²) >= 11 is 16.7. The lowest BCUT2D eigenvalue weighted by molar-refractivity contribution is -0.123. The molecular formula is C26H19BrCl2N2O4S. The van der Waals surface area contributed by atoms with E-state index in [1.807, 2.05) is 25.1 Å². The summed E-state index contributed by atoms with van der Waals surface area (Å²) in [6, 6.07) is 17.6. The van der Waals surface area contributed by atoms with Crippen LogP contribution in [0.3, 0.4) is 0 Å². The summed E-state index contributed by atoms with van der Waals surface area (Å²) in [6.07, 6.45) is 1.57. The molecule has 3 amide bonds. The Kier molecular flexibility index (Phi) is 8.41. The third-order valence-electron chi connectivity index (χ3n) is 5.17. The highest BCUT2D eigenvalue weighted by Gasteiger charge is 2.36. The van der Waals surface area contributed by atoms with Gasteiger partial charge in [0.15, 0.2) is 6.61 Å². The fourth-order valence-electron chi connectivity index (χ4n) is 3.45. The number of ether oxygens (including phenoxy) is 1. The highest BCUT2D eigenvalue weighted by atomic mass is 79.9. The lowest BCUT2D eigenvalue weighted by Gasteiger charge is -2.15. The predicted octanol–water partition coefficient (Wildman–Crippen LogP) is 7.32. The van der Waals surface area contributed by atoms with Crippen LogP contribution in [0, 0.1) is 6.92 Å². The Labute approximate surface area is 230 Å². The number of halogens is 3. The topological polar surface area (TPSA) is 75.7 Å². The molecule has 0 saturated carbocycles. The van der Waals surface area contributed by atoms with Crippen molar-refractivity contribution in [3.05, 3.63) is 96.8 Å². The summed E-state index contributed by atoms with van der Waals surface area (Å²) in [5.74, 6) is -0.408. The highest BCUT2D eigenvalue weighted by Crippen LogP contribution is 2.37. The van der Waals surface area contributed by atoms with Gasteiger partial charge in [0.1, 0.15) is 5.75 Å². The maximum absolute atomic E-state index is 13.1. The second kappa shape index (κ2) is 11.5. The highest BCUT2D eigenvalue weighted by molar-refractivity contribution is 9.10. The number of rotatable bonds is 7. The van der Waals surface area contributed by atoms with Crippen LogP contribution in [0.4, 0.5) is 10.5 Å². The molecule has 10 heteroatoms. The number of imide groups is 1. The van der Waals surface area contributed by atoms with Gasteiger partial charge in [-0.1, -0.05) is 57.3 Å². The summed E-state index contributed by atoms with van der Waals surface area (Å²) in [6.45, 7) is 1.66. The molecule has 0 atom stereocenters. The van der Waals surface area contributed by atoms with Crippen LogP contribution in [-0.2, 0) is 16.1 Å². The molecule has 1 aliphatic rings. The molecule has 36 heavy (non-hydrogen) atoms. The molecule has 1 fully saturated rings. The summed E-state index contributed by atoms with van der Waals surface area (Å²) in [5.41, 5.74) is 2.73. The smallest absolute Gasteiger partial charge is 0.293 e. The van der Waals surface area contributed by atoms with Gasteiger partial charge in [-0.15, -0.1) is 0 Å². The third kappa shape index (κ3) is 6.31. The summed E-state index contributed by atoms with van der Waals surface area (Å²) in [7, 11) is 0. The number of thioether (sulfide) groups is 1. The van der Waals surface area contributed by atoms with Crippen LogP contribution in [0.2, 0.25) is 10.0 Å². The molecule has 184 valence electrons. The summed E-state index contributed by atoms with van der Waals surface area (Å²) in [5, 5.41) is 3.10. The van der Waals surface area contributed by atoms with E-state index in [-0.39, 0.29) is 24.0 Å². The molecule has 6 nitrogen and oxygen atoms in total. The maximum atomic E-state index is 13.1. The second-order valence-electron chi connectivity index (χ2n) is 7.86. The van der Waals surface area contributed by atoms with Crippen LogP contribution < -0.4 is 10.1 Å². The van der Waals surface area contributed by atoms with E-state index in [9.17, 15) is 14.4 Å². The van der Waals surface area contributed by atoms with Crippen LogP contribution in [0.15, 0.2) is 70.0 Å². The van der Waals surface area contributed by atoms with Gasteiger partial charge in [0.2, 0.25) is 0 Å². The molecule has 0 spiro atoms. The Morgan fingerprint density at radius 1 is 1.08 bits per heavy atom. The number of hydrogen-bond donors (Lipinski definition) is 1. The van der Waals surface area contributed by atoms with Crippen molar-refractivity contribution in [1.82, 2.24) is 4.90 Å². The predicted molar refractivity (Wildman–Crippen MR) is 147 cm³/mol. The largest absolute Gasteiger partial charge is 0.483 e. The molecule has 3 aromatic rings. The zero-order valence-electron chi connectivity index (χ0n) is 18.9. The standard InChI is InChI=1S/C26H19BrCl2N2O4S/c1-15-4-2-5-18(10-15)30-24(32)14-35-22-9-8-17(27)11-16(22)12-23-25(33)31(26(34)36-23)13-19-20(28)6-3-7-21(19)29/h2-12H,13-14H2,1H3,(H,30,32)/b23-12-. The van der Waals surface area contributed by atoms with Crippen LogP contribution >= 0.6 is 50.9 Å². The number of hydrogen-bond acceptors (Lipinski definition) is 5. The quantitative estimate of drug-likeness (QED) is 0.286. The Morgan fingerprint density at radius 3 is 2.53 bits per heavy atom. The first-order valence-corrected chi connectivity index (χ1v) is 13.0. The molecular weight excluding hydrogens is 587 g/mol.